The SMILES string of the molecule is Cn1cnc(S(=O)(=O)Nc2ccc3c(c2)OCCO3)c1Cl. The first kappa shape index (κ1) is 14.0. The second-order valence-corrected chi connectivity index (χ2v) is 6.37. The van der Waals surface area contributed by atoms with E-state index in [1.165, 1.54) is 10.9 Å². The maximum absolute atomic E-state index is 12.3. The van der Waals surface area contributed by atoms with Crippen molar-refractivity contribution in [2.45, 2.75) is 5.03 Å². The molecule has 2 heterocycles. The second kappa shape index (κ2) is 5.12. The average Bonchev–Trinajstić information content (AvgIpc) is 2.79. The highest BCUT2D eigenvalue weighted by Crippen LogP contribution is 2.33. The van der Waals surface area contributed by atoms with Gasteiger partial charge in [0.05, 0.1) is 12.0 Å². The molecule has 1 N–H and O–H groups in total. The molecule has 0 spiro atoms. The summed E-state index contributed by atoms with van der Waals surface area (Å²) in [5, 5.41) is -0.179. The van der Waals surface area contributed by atoms with Crippen LogP contribution in [-0.4, -0.2) is 31.2 Å². The van der Waals surface area contributed by atoms with Gasteiger partial charge in [-0.25, -0.2) is 4.98 Å². The summed E-state index contributed by atoms with van der Waals surface area (Å²) in [4.78, 5) is 3.80. The number of rotatable bonds is 3. The Morgan fingerprint density at radius 3 is 2.67 bits per heavy atom. The van der Waals surface area contributed by atoms with Crippen molar-refractivity contribution >= 4 is 27.3 Å². The molecule has 0 radical (unpaired) electrons. The fourth-order valence-electron chi connectivity index (χ4n) is 1.88. The average molecular weight is 330 g/mol. The minimum absolute atomic E-state index is 0.0417. The van der Waals surface area contributed by atoms with Gasteiger partial charge in [0.2, 0.25) is 5.03 Å². The van der Waals surface area contributed by atoms with Crippen molar-refractivity contribution in [3.8, 4) is 11.5 Å². The largest absolute Gasteiger partial charge is 0.486 e. The molecule has 0 fully saturated rings. The summed E-state index contributed by atoms with van der Waals surface area (Å²) in [6.45, 7) is 0.900. The quantitative estimate of drug-likeness (QED) is 0.925. The van der Waals surface area contributed by atoms with Gasteiger partial charge in [-0.05, 0) is 12.1 Å². The van der Waals surface area contributed by atoms with E-state index in [9.17, 15) is 8.42 Å². The van der Waals surface area contributed by atoms with Crippen LogP contribution >= 0.6 is 11.6 Å². The third kappa shape index (κ3) is 2.64. The van der Waals surface area contributed by atoms with Crippen molar-refractivity contribution < 1.29 is 17.9 Å². The highest BCUT2D eigenvalue weighted by atomic mass is 35.5. The Kier molecular flexibility index (Phi) is 3.42. The predicted octanol–water partition coefficient (Wildman–Crippen LogP) is 1.65. The van der Waals surface area contributed by atoms with Crippen LogP contribution in [0.5, 0.6) is 11.5 Å². The highest BCUT2D eigenvalue weighted by Gasteiger charge is 2.23. The Morgan fingerprint density at radius 2 is 2.00 bits per heavy atom. The Labute approximate surface area is 126 Å². The van der Waals surface area contributed by atoms with Crippen LogP contribution in [0.3, 0.4) is 0 Å². The molecular formula is C12H12ClN3O4S. The third-order valence-electron chi connectivity index (χ3n) is 2.88. The number of imidazole rings is 1. The van der Waals surface area contributed by atoms with E-state index < -0.39 is 10.0 Å². The zero-order valence-electron chi connectivity index (χ0n) is 11.0. The number of aryl methyl sites for hydroxylation is 1. The fraction of sp³-hybridized carbons (Fsp3) is 0.250. The molecule has 0 amide bonds. The minimum atomic E-state index is -3.86. The molecular weight excluding hydrogens is 318 g/mol. The van der Waals surface area contributed by atoms with E-state index >= 15 is 0 Å². The van der Waals surface area contributed by atoms with Gasteiger partial charge in [0.25, 0.3) is 10.0 Å². The summed E-state index contributed by atoms with van der Waals surface area (Å²) in [6, 6.07) is 4.79. The van der Waals surface area contributed by atoms with Crippen LogP contribution in [0.4, 0.5) is 5.69 Å². The number of ether oxygens (including phenoxy) is 2. The van der Waals surface area contributed by atoms with Gasteiger partial charge in [-0.3, -0.25) is 4.72 Å². The molecule has 2 aromatic rings. The molecule has 0 bridgehead atoms. The summed E-state index contributed by atoms with van der Waals surface area (Å²) in [7, 11) is -2.25. The molecule has 1 aromatic heterocycles. The van der Waals surface area contributed by atoms with Gasteiger partial charge in [-0.2, -0.15) is 8.42 Å². The topological polar surface area (TPSA) is 82.5 Å². The molecule has 3 rings (SSSR count). The number of nitrogens with one attached hydrogen (secondary N) is 1. The fourth-order valence-corrected chi connectivity index (χ4v) is 3.37. The van der Waals surface area contributed by atoms with E-state index in [1.54, 1.807) is 25.2 Å². The summed E-state index contributed by atoms with van der Waals surface area (Å²) in [5.74, 6) is 1.08. The van der Waals surface area contributed by atoms with E-state index in [0.717, 1.165) is 0 Å². The smallest absolute Gasteiger partial charge is 0.282 e. The number of hydrogen-bond donors (Lipinski definition) is 1. The third-order valence-corrected chi connectivity index (χ3v) is 4.75. The molecule has 0 saturated carbocycles. The van der Waals surface area contributed by atoms with E-state index in [4.69, 9.17) is 21.1 Å². The molecule has 0 unspecified atom stereocenters. The van der Waals surface area contributed by atoms with Crippen LogP contribution in [0, 0.1) is 0 Å². The van der Waals surface area contributed by atoms with Gasteiger partial charge in [0.1, 0.15) is 18.4 Å². The molecule has 0 aliphatic carbocycles. The number of hydrogen-bond acceptors (Lipinski definition) is 5. The lowest BCUT2D eigenvalue weighted by Gasteiger charge is -2.19. The number of aromatic nitrogens is 2. The van der Waals surface area contributed by atoms with Gasteiger partial charge in [-0.1, -0.05) is 11.6 Å². The van der Waals surface area contributed by atoms with E-state index in [-0.39, 0.29) is 10.2 Å². The molecule has 21 heavy (non-hydrogen) atoms. The molecule has 7 nitrogen and oxygen atoms in total. The summed E-state index contributed by atoms with van der Waals surface area (Å²) >= 11 is 5.91. The van der Waals surface area contributed by atoms with E-state index in [2.05, 4.69) is 9.71 Å². The molecule has 1 aliphatic heterocycles. The monoisotopic (exact) mass is 329 g/mol. The summed E-state index contributed by atoms with van der Waals surface area (Å²) in [6.07, 6.45) is 1.33. The molecule has 1 aliphatic rings. The number of nitrogens with zero attached hydrogens (tertiary/aromatic N) is 2. The van der Waals surface area contributed by atoms with E-state index in [1.807, 2.05) is 0 Å². The highest BCUT2D eigenvalue weighted by molar-refractivity contribution is 7.92. The number of halogens is 1. The van der Waals surface area contributed by atoms with Crippen LogP contribution in [0.15, 0.2) is 29.6 Å². The molecule has 9 heteroatoms. The summed E-state index contributed by atoms with van der Waals surface area (Å²) in [5.41, 5.74) is 0.348. The lowest BCUT2D eigenvalue weighted by molar-refractivity contribution is 0.171. The first-order valence-electron chi connectivity index (χ1n) is 6.07. The Bertz CT molecular complexity index is 788. The zero-order valence-corrected chi connectivity index (χ0v) is 12.6. The van der Waals surface area contributed by atoms with Crippen LogP contribution in [0.1, 0.15) is 0 Å². The van der Waals surface area contributed by atoms with Gasteiger partial charge >= 0.3 is 0 Å². The van der Waals surface area contributed by atoms with Crippen molar-refractivity contribution in [3.63, 3.8) is 0 Å². The van der Waals surface area contributed by atoms with Crippen LogP contribution in [-0.2, 0) is 17.1 Å². The Balaban J connectivity index is 1.91. The number of benzene rings is 1. The van der Waals surface area contributed by atoms with Crippen molar-refractivity contribution in [3.05, 3.63) is 29.7 Å². The normalized spacial score (nSPS) is 14.0. The second-order valence-electron chi connectivity index (χ2n) is 4.42. The lowest BCUT2D eigenvalue weighted by Crippen LogP contribution is -2.17. The van der Waals surface area contributed by atoms with Gasteiger partial charge in [0, 0.05) is 13.1 Å². The molecule has 1 aromatic carbocycles. The Hall–Kier alpha value is -1.93. The van der Waals surface area contributed by atoms with Crippen molar-refractivity contribution in [1.29, 1.82) is 0 Å². The lowest BCUT2D eigenvalue weighted by atomic mass is 10.3. The first-order chi connectivity index (χ1) is 9.97. The maximum Gasteiger partial charge on any atom is 0.282 e. The predicted molar refractivity (Wildman–Crippen MR) is 76.5 cm³/mol. The minimum Gasteiger partial charge on any atom is -0.486 e. The van der Waals surface area contributed by atoms with Crippen LogP contribution < -0.4 is 14.2 Å². The van der Waals surface area contributed by atoms with Crippen molar-refractivity contribution in [2.24, 2.45) is 7.05 Å². The maximum atomic E-state index is 12.3. The number of fused-ring (bicyclic) bond motifs is 1. The van der Waals surface area contributed by atoms with Gasteiger partial charge in [-0.15, -0.1) is 0 Å². The van der Waals surface area contributed by atoms with Crippen molar-refractivity contribution in [1.82, 2.24) is 9.55 Å². The number of anilines is 1. The van der Waals surface area contributed by atoms with E-state index in [0.29, 0.717) is 30.4 Å². The Morgan fingerprint density at radius 1 is 1.29 bits per heavy atom. The van der Waals surface area contributed by atoms with Gasteiger partial charge in [0.15, 0.2) is 11.5 Å². The molecule has 112 valence electrons. The summed E-state index contributed by atoms with van der Waals surface area (Å²) < 4.78 is 39.1. The van der Waals surface area contributed by atoms with Crippen molar-refractivity contribution in [2.75, 3.05) is 17.9 Å². The zero-order chi connectivity index (χ0) is 15.0. The molecule has 0 saturated heterocycles. The standard InChI is InChI=1S/C12H12ClN3O4S/c1-16-7-14-12(11(16)13)21(17,18)15-8-2-3-9-10(6-8)20-5-4-19-9/h2-3,6-7,15H,4-5H2,1H3. The van der Waals surface area contributed by atoms with Gasteiger partial charge < -0.3 is 14.0 Å². The first-order valence-corrected chi connectivity index (χ1v) is 7.93. The number of sulfonamides is 1. The van der Waals surface area contributed by atoms with Crippen LogP contribution in [0.25, 0.3) is 0 Å². The van der Waals surface area contributed by atoms with Crippen LogP contribution in [0.2, 0.25) is 5.15 Å². The molecule has 0 atom stereocenters.